The maximum atomic E-state index is 12.0. The minimum Gasteiger partial charge on any atom is -0.478 e. The third kappa shape index (κ3) is 4.89. The quantitative estimate of drug-likeness (QED) is 0.752. The van der Waals surface area contributed by atoms with Crippen molar-refractivity contribution in [2.45, 2.75) is 13.5 Å². The van der Waals surface area contributed by atoms with Crippen molar-refractivity contribution < 1.29 is 14.7 Å². The highest BCUT2D eigenvalue weighted by molar-refractivity contribution is 7.80. The number of thiocarbonyl (C=S) groups is 1. The van der Waals surface area contributed by atoms with Crippen LogP contribution in [0.15, 0.2) is 48.5 Å². The zero-order valence-corrected chi connectivity index (χ0v) is 13.3. The third-order valence-electron chi connectivity index (χ3n) is 3.19. The van der Waals surface area contributed by atoms with Crippen molar-refractivity contribution in [2.75, 3.05) is 0 Å². The largest absolute Gasteiger partial charge is 0.478 e. The van der Waals surface area contributed by atoms with E-state index < -0.39 is 5.97 Å². The van der Waals surface area contributed by atoms with Gasteiger partial charge in [-0.25, -0.2) is 4.79 Å². The van der Waals surface area contributed by atoms with Crippen LogP contribution in [0, 0.1) is 6.92 Å². The second-order valence-electron chi connectivity index (χ2n) is 5.00. The molecule has 0 atom stereocenters. The lowest BCUT2D eigenvalue weighted by atomic mass is 10.1. The van der Waals surface area contributed by atoms with Crippen LogP contribution >= 0.6 is 12.2 Å². The number of aryl methyl sites for hydroxylation is 1. The molecule has 0 heterocycles. The number of benzene rings is 2. The SMILES string of the molecule is Cc1ccc(C(=O)NC(=S)NCc2ccc(C(=O)O)cc2)cc1. The molecule has 0 fully saturated rings. The second-order valence-corrected chi connectivity index (χ2v) is 5.41. The standard InChI is InChI=1S/C17H16N2O3S/c1-11-2-6-13(7-3-11)15(20)19-17(23)18-10-12-4-8-14(9-5-12)16(21)22/h2-9H,10H2,1H3,(H,21,22)(H2,18,19,20,23). The average Bonchev–Trinajstić information content (AvgIpc) is 2.54. The Hall–Kier alpha value is -2.73. The monoisotopic (exact) mass is 328 g/mol. The Kier molecular flexibility index (Phi) is 5.43. The van der Waals surface area contributed by atoms with Gasteiger partial charge in [0.1, 0.15) is 0 Å². The molecule has 0 aromatic heterocycles. The molecule has 118 valence electrons. The van der Waals surface area contributed by atoms with Gasteiger partial charge in [-0.15, -0.1) is 0 Å². The van der Waals surface area contributed by atoms with Gasteiger partial charge in [-0.2, -0.15) is 0 Å². The van der Waals surface area contributed by atoms with Crippen molar-refractivity contribution in [1.82, 2.24) is 10.6 Å². The smallest absolute Gasteiger partial charge is 0.335 e. The fourth-order valence-corrected chi connectivity index (χ4v) is 2.04. The first-order valence-electron chi connectivity index (χ1n) is 6.94. The predicted molar refractivity (Wildman–Crippen MR) is 91.5 cm³/mol. The number of nitrogens with one attached hydrogen (secondary N) is 2. The molecule has 0 spiro atoms. The lowest BCUT2D eigenvalue weighted by molar-refractivity contribution is 0.0696. The van der Waals surface area contributed by atoms with E-state index in [1.54, 1.807) is 24.3 Å². The van der Waals surface area contributed by atoms with Crippen LogP contribution in [0.3, 0.4) is 0 Å². The van der Waals surface area contributed by atoms with Gasteiger partial charge < -0.3 is 10.4 Å². The van der Waals surface area contributed by atoms with Crippen LogP contribution in [0.25, 0.3) is 0 Å². The highest BCUT2D eigenvalue weighted by Gasteiger charge is 2.07. The molecule has 0 aliphatic heterocycles. The van der Waals surface area contributed by atoms with E-state index in [0.717, 1.165) is 11.1 Å². The number of carbonyl (C=O) groups excluding carboxylic acids is 1. The Balaban J connectivity index is 1.86. The van der Waals surface area contributed by atoms with Crippen molar-refractivity contribution in [3.8, 4) is 0 Å². The van der Waals surface area contributed by atoms with E-state index in [2.05, 4.69) is 10.6 Å². The molecule has 3 N–H and O–H groups in total. The van der Waals surface area contributed by atoms with Crippen LogP contribution in [0.5, 0.6) is 0 Å². The fourth-order valence-electron chi connectivity index (χ4n) is 1.87. The minimum absolute atomic E-state index is 0.220. The molecule has 0 saturated carbocycles. The summed E-state index contributed by atoms with van der Waals surface area (Å²) in [5.41, 5.74) is 2.70. The molecule has 5 nitrogen and oxygen atoms in total. The summed E-state index contributed by atoms with van der Waals surface area (Å²) in [7, 11) is 0. The topological polar surface area (TPSA) is 78.4 Å². The van der Waals surface area contributed by atoms with Gasteiger partial charge in [0, 0.05) is 12.1 Å². The van der Waals surface area contributed by atoms with Gasteiger partial charge in [0.05, 0.1) is 5.56 Å². The molecule has 0 bridgehead atoms. The first-order valence-corrected chi connectivity index (χ1v) is 7.34. The van der Waals surface area contributed by atoms with Crippen LogP contribution in [0.4, 0.5) is 0 Å². The number of hydrogen-bond acceptors (Lipinski definition) is 3. The van der Waals surface area contributed by atoms with E-state index in [-0.39, 0.29) is 16.6 Å². The summed E-state index contributed by atoms with van der Waals surface area (Å²) in [6.07, 6.45) is 0. The molecule has 0 radical (unpaired) electrons. The highest BCUT2D eigenvalue weighted by atomic mass is 32.1. The van der Waals surface area contributed by atoms with Gasteiger partial charge in [0.2, 0.25) is 0 Å². The van der Waals surface area contributed by atoms with Crippen LogP contribution in [0.1, 0.15) is 31.8 Å². The summed E-state index contributed by atoms with van der Waals surface area (Å²) < 4.78 is 0. The van der Waals surface area contributed by atoms with E-state index in [1.807, 2.05) is 19.1 Å². The van der Waals surface area contributed by atoms with Gasteiger partial charge in [0.25, 0.3) is 5.91 Å². The maximum absolute atomic E-state index is 12.0. The number of amides is 1. The lowest BCUT2D eigenvalue weighted by Crippen LogP contribution is -2.38. The molecule has 2 aromatic rings. The van der Waals surface area contributed by atoms with E-state index in [1.165, 1.54) is 12.1 Å². The number of carbonyl (C=O) groups is 2. The summed E-state index contributed by atoms with van der Waals surface area (Å²) in [6, 6.07) is 13.6. The number of rotatable bonds is 4. The highest BCUT2D eigenvalue weighted by Crippen LogP contribution is 2.05. The summed E-state index contributed by atoms with van der Waals surface area (Å²) in [6.45, 7) is 2.34. The van der Waals surface area contributed by atoms with Gasteiger partial charge in [-0.1, -0.05) is 29.8 Å². The molecule has 0 unspecified atom stereocenters. The van der Waals surface area contributed by atoms with Crippen molar-refractivity contribution in [1.29, 1.82) is 0 Å². The molecule has 0 aliphatic carbocycles. The fraction of sp³-hybridized carbons (Fsp3) is 0.118. The van der Waals surface area contributed by atoms with Crippen LogP contribution in [-0.4, -0.2) is 22.1 Å². The summed E-state index contributed by atoms with van der Waals surface area (Å²) in [5, 5.41) is 14.6. The van der Waals surface area contributed by atoms with Gasteiger partial charge in [0.15, 0.2) is 5.11 Å². The molecule has 0 saturated heterocycles. The van der Waals surface area contributed by atoms with Crippen molar-refractivity contribution in [3.05, 3.63) is 70.8 Å². The van der Waals surface area contributed by atoms with Crippen LogP contribution in [-0.2, 0) is 6.54 Å². The predicted octanol–water partition coefficient (Wildman–Crippen LogP) is 2.50. The zero-order chi connectivity index (χ0) is 16.8. The van der Waals surface area contributed by atoms with E-state index in [0.29, 0.717) is 12.1 Å². The summed E-state index contributed by atoms with van der Waals surface area (Å²) in [4.78, 5) is 22.8. The normalized spacial score (nSPS) is 9.96. The number of carboxylic acids is 1. The average molecular weight is 328 g/mol. The molecule has 6 heteroatoms. The second kappa shape index (κ2) is 7.51. The third-order valence-corrected chi connectivity index (χ3v) is 3.44. The zero-order valence-electron chi connectivity index (χ0n) is 12.5. The lowest BCUT2D eigenvalue weighted by Gasteiger charge is -2.10. The number of hydrogen-bond donors (Lipinski definition) is 3. The van der Waals surface area contributed by atoms with E-state index >= 15 is 0 Å². The van der Waals surface area contributed by atoms with E-state index in [9.17, 15) is 9.59 Å². The molecular weight excluding hydrogens is 312 g/mol. The Morgan fingerprint density at radius 2 is 1.57 bits per heavy atom. The van der Waals surface area contributed by atoms with Crippen molar-refractivity contribution in [2.24, 2.45) is 0 Å². The molecule has 1 amide bonds. The molecule has 0 aliphatic rings. The molecular formula is C17H16N2O3S. The minimum atomic E-state index is -0.967. The van der Waals surface area contributed by atoms with Gasteiger partial charge >= 0.3 is 5.97 Å². The van der Waals surface area contributed by atoms with Crippen molar-refractivity contribution in [3.63, 3.8) is 0 Å². The molecule has 2 aromatic carbocycles. The summed E-state index contributed by atoms with van der Waals surface area (Å²) in [5.74, 6) is -1.24. The maximum Gasteiger partial charge on any atom is 0.335 e. The van der Waals surface area contributed by atoms with Crippen molar-refractivity contribution >= 4 is 29.2 Å². The first-order chi connectivity index (χ1) is 11.0. The van der Waals surface area contributed by atoms with Crippen LogP contribution < -0.4 is 10.6 Å². The summed E-state index contributed by atoms with van der Waals surface area (Å²) >= 11 is 5.09. The number of aromatic carboxylic acids is 1. The molecule has 2 rings (SSSR count). The van der Waals surface area contributed by atoms with Gasteiger partial charge in [-0.05, 0) is 49.0 Å². The Labute approximate surface area is 139 Å². The van der Waals surface area contributed by atoms with Crippen LogP contribution in [0.2, 0.25) is 0 Å². The Morgan fingerprint density at radius 3 is 2.13 bits per heavy atom. The van der Waals surface area contributed by atoms with Gasteiger partial charge in [-0.3, -0.25) is 10.1 Å². The Morgan fingerprint density at radius 1 is 1.00 bits per heavy atom. The van der Waals surface area contributed by atoms with E-state index in [4.69, 9.17) is 17.3 Å². The molecule has 23 heavy (non-hydrogen) atoms. The number of carboxylic acid groups (broad SMARTS) is 1. The Bertz CT molecular complexity index is 725. The first kappa shape index (κ1) is 16.6.